The van der Waals surface area contributed by atoms with Crippen molar-refractivity contribution in [2.24, 2.45) is 0 Å². The minimum atomic E-state index is -4.63. The molecule has 0 spiro atoms. The summed E-state index contributed by atoms with van der Waals surface area (Å²) in [5.74, 6) is -0.263. The molecule has 0 atom stereocenters. The van der Waals surface area contributed by atoms with E-state index in [1.54, 1.807) is 42.5 Å². The van der Waals surface area contributed by atoms with Gasteiger partial charge in [-0.25, -0.2) is 9.97 Å². The predicted molar refractivity (Wildman–Crippen MR) is 135 cm³/mol. The number of aromatic amines is 1. The molecule has 0 aliphatic carbocycles. The third-order valence-electron chi connectivity index (χ3n) is 5.40. The molecule has 4 rings (SSSR count). The summed E-state index contributed by atoms with van der Waals surface area (Å²) in [6, 6.07) is 12.2. The van der Waals surface area contributed by atoms with Gasteiger partial charge in [0, 0.05) is 54.6 Å². The molecule has 2 aromatic carbocycles. The van der Waals surface area contributed by atoms with E-state index in [2.05, 4.69) is 30.9 Å². The number of likely N-dealkylation sites (N-methyl/N-ethyl adjacent to an activating group) is 1. The lowest BCUT2D eigenvalue weighted by Gasteiger charge is -2.17. The van der Waals surface area contributed by atoms with Crippen molar-refractivity contribution in [3.8, 4) is 11.3 Å². The van der Waals surface area contributed by atoms with Crippen molar-refractivity contribution in [1.82, 2.24) is 19.9 Å². The first-order valence-electron chi connectivity index (χ1n) is 11.2. The number of nitrogens with one attached hydrogen (secondary N) is 4. The van der Waals surface area contributed by atoms with E-state index in [1.807, 2.05) is 19.0 Å². The van der Waals surface area contributed by atoms with E-state index in [4.69, 9.17) is 0 Å². The van der Waals surface area contributed by atoms with Gasteiger partial charge in [0.1, 0.15) is 5.56 Å². The molecule has 4 aromatic rings. The number of halogens is 3. The zero-order valence-corrected chi connectivity index (χ0v) is 20.0. The zero-order valence-electron chi connectivity index (χ0n) is 20.0. The van der Waals surface area contributed by atoms with Gasteiger partial charge in [0.2, 0.25) is 11.9 Å². The minimum absolute atomic E-state index is 0.00891. The summed E-state index contributed by atoms with van der Waals surface area (Å²) in [6.07, 6.45) is -2.35. The van der Waals surface area contributed by atoms with Crippen LogP contribution in [0.3, 0.4) is 0 Å². The fourth-order valence-corrected chi connectivity index (χ4v) is 3.73. The molecule has 4 N–H and O–H groups in total. The average Bonchev–Trinajstić information content (AvgIpc) is 3.23. The molecule has 11 heteroatoms. The molecular weight excluding hydrogens is 471 g/mol. The summed E-state index contributed by atoms with van der Waals surface area (Å²) >= 11 is 0. The van der Waals surface area contributed by atoms with Gasteiger partial charge in [-0.2, -0.15) is 13.2 Å². The number of nitrogens with zero attached hydrogens (tertiary/aromatic N) is 3. The van der Waals surface area contributed by atoms with Crippen LogP contribution in [0.25, 0.3) is 22.2 Å². The molecule has 2 heterocycles. The van der Waals surface area contributed by atoms with E-state index in [-0.39, 0.29) is 17.5 Å². The number of alkyl halides is 3. The SMILES string of the molecule is CC(=O)Nc1cc(Nc2ncc(C(F)(F)F)c(-c3c[nH]c4ccccc34)n2)ccc1NCCN(C)C. The number of hydrogen-bond acceptors (Lipinski definition) is 6. The number of H-pyrrole nitrogens is 1. The molecule has 0 aliphatic rings. The first-order chi connectivity index (χ1) is 17.1. The third-order valence-corrected chi connectivity index (χ3v) is 5.40. The molecule has 1 amide bonds. The molecule has 0 saturated carbocycles. The maximum Gasteiger partial charge on any atom is 0.419 e. The molecule has 0 bridgehead atoms. The van der Waals surface area contributed by atoms with Crippen molar-refractivity contribution in [3.05, 3.63) is 60.4 Å². The normalized spacial score (nSPS) is 11.6. The van der Waals surface area contributed by atoms with Gasteiger partial charge in [-0.05, 0) is 38.4 Å². The van der Waals surface area contributed by atoms with Crippen LogP contribution in [0.2, 0.25) is 0 Å². The molecule has 0 unspecified atom stereocenters. The number of anilines is 4. The van der Waals surface area contributed by atoms with Crippen molar-refractivity contribution in [2.45, 2.75) is 13.1 Å². The molecule has 2 aromatic heterocycles. The minimum Gasteiger partial charge on any atom is -0.382 e. The first-order valence-corrected chi connectivity index (χ1v) is 11.2. The third kappa shape index (κ3) is 5.74. The van der Waals surface area contributed by atoms with Crippen molar-refractivity contribution in [1.29, 1.82) is 0 Å². The first kappa shape index (κ1) is 25.0. The maximum absolute atomic E-state index is 13.8. The lowest BCUT2D eigenvalue weighted by atomic mass is 10.1. The molecule has 0 radical (unpaired) electrons. The Bertz CT molecular complexity index is 1380. The highest BCUT2D eigenvalue weighted by atomic mass is 19.4. The molecule has 188 valence electrons. The Kier molecular flexibility index (Phi) is 7.11. The maximum atomic E-state index is 13.8. The van der Waals surface area contributed by atoms with Crippen LogP contribution in [0.1, 0.15) is 12.5 Å². The molecule has 0 fully saturated rings. The number of para-hydroxylation sites is 1. The number of hydrogen-bond donors (Lipinski definition) is 4. The second-order valence-electron chi connectivity index (χ2n) is 8.50. The van der Waals surface area contributed by atoms with Gasteiger partial charge < -0.3 is 25.8 Å². The quantitative estimate of drug-likeness (QED) is 0.263. The van der Waals surface area contributed by atoms with Crippen LogP contribution in [-0.2, 0) is 11.0 Å². The van der Waals surface area contributed by atoms with Gasteiger partial charge in [0.15, 0.2) is 0 Å². The van der Waals surface area contributed by atoms with Crippen LogP contribution < -0.4 is 16.0 Å². The number of carbonyl (C=O) groups excluding carboxylic acids is 1. The highest BCUT2D eigenvalue weighted by molar-refractivity contribution is 5.96. The highest BCUT2D eigenvalue weighted by Gasteiger charge is 2.36. The summed E-state index contributed by atoms with van der Waals surface area (Å²) in [7, 11) is 3.91. The number of carbonyl (C=O) groups is 1. The standard InChI is InChI=1S/C25H26F3N7O/c1-15(36)32-22-12-16(8-9-21(22)29-10-11-35(2)3)33-24-31-14-19(25(26,27)28)23(34-24)18-13-30-20-7-5-4-6-17(18)20/h4-9,12-14,29-30H,10-11H2,1-3H3,(H,32,36)(H,31,33,34). The highest BCUT2D eigenvalue weighted by Crippen LogP contribution is 2.39. The van der Waals surface area contributed by atoms with Gasteiger partial charge in [0.05, 0.1) is 17.1 Å². The van der Waals surface area contributed by atoms with Gasteiger partial charge in [-0.15, -0.1) is 0 Å². The second-order valence-corrected chi connectivity index (χ2v) is 8.50. The summed E-state index contributed by atoms with van der Waals surface area (Å²) in [5, 5.41) is 9.62. The lowest BCUT2D eigenvalue weighted by Crippen LogP contribution is -2.21. The average molecular weight is 498 g/mol. The van der Waals surface area contributed by atoms with Gasteiger partial charge in [-0.3, -0.25) is 4.79 Å². The topological polar surface area (TPSA) is 98.0 Å². The molecule has 8 nitrogen and oxygen atoms in total. The summed E-state index contributed by atoms with van der Waals surface area (Å²) < 4.78 is 41.4. The van der Waals surface area contributed by atoms with Crippen molar-refractivity contribution in [2.75, 3.05) is 43.1 Å². The zero-order chi connectivity index (χ0) is 25.9. The van der Waals surface area contributed by atoms with Gasteiger partial charge in [-0.1, -0.05) is 18.2 Å². The molecule has 0 saturated heterocycles. The Hall–Kier alpha value is -4.12. The number of aromatic nitrogens is 3. The number of benzene rings is 2. The molecular formula is C25H26F3N7O. The number of amides is 1. The Morgan fingerprint density at radius 2 is 1.89 bits per heavy atom. The Labute approximate surface area is 205 Å². The Balaban J connectivity index is 1.68. The predicted octanol–water partition coefficient (Wildman–Crippen LogP) is 5.32. The van der Waals surface area contributed by atoms with E-state index in [0.717, 1.165) is 12.7 Å². The largest absolute Gasteiger partial charge is 0.419 e. The van der Waals surface area contributed by atoms with Gasteiger partial charge >= 0.3 is 6.18 Å². The monoisotopic (exact) mass is 497 g/mol. The fraction of sp³-hybridized carbons (Fsp3) is 0.240. The number of rotatable bonds is 8. The van der Waals surface area contributed by atoms with Crippen LogP contribution in [0, 0.1) is 0 Å². The second kappa shape index (κ2) is 10.2. The molecule has 0 aliphatic heterocycles. The van der Waals surface area contributed by atoms with Crippen molar-refractivity contribution in [3.63, 3.8) is 0 Å². The fourth-order valence-electron chi connectivity index (χ4n) is 3.73. The molecule has 36 heavy (non-hydrogen) atoms. The van der Waals surface area contributed by atoms with E-state index < -0.39 is 11.7 Å². The van der Waals surface area contributed by atoms with Crippen molar-refractivity contribution < 1.29 is 18.0 Å². The van der Waals surface area contributed by atoms with E-state index in [1.165, 1.54) is 13.1 Å². The van der Waals surface area contributed by atoms with Crippen LogP contribution in [0.5, 0.6) is 0 Å². The Morgan fingerprint density at radius 1 is 1.11 bits per heavy atom. The smallest absolute Gasteiger partial charge is 0.382 e. The number of fused-ring (bicyclic) bond motifs is 1. The lowest BCUT2D eigenvalue weighted by molar-refractivity contribution is -0.137. The van der Waals surface area contributed by atoms with Crippen molar-refractivity contribution >= 4 is 39.8 Å². The van der Waals surface area contributed by atoms with Crippen LogP contribution in [0.15, 0.2) is 54.9 Å². The van der Waals surface area contributed by atoms with Crippen LogP contribution in [-0.4, -0.2) is 52.9 Å². The van der Waals surface area contributed by atoms with E-state index >= 15 is 0 Å². The Morgan fingerprint density at radius 3 is 2.61 bits per heavy atom. The summed E-state index contributed by atoms with van der Waals surface area (Å²) in [4.78, 5) is 24.9. The van der Waals surface area contributed by atoms with E-state index in [9.17, 15) is 18.0 Å². The van der Waals surface area contributed by atoms with Gasteiger partial charge in [0.25, 0.3) is 0 Å². The van der Waals surface area contributed by atoms with Crippen LogP contribution in [0.4, 0.5) is 36.2 Å². The summed E-state index contributed by atoms with van der Waals surface area (Å²) in [5.41, 5.74) is 1.59. The van der Waals surface area contributed by atoms with Crippen LogP contribution >= 0.6 is 0 Å². The van der Waals surface area contributed by atoms with E-state index in [0.29, 0.717) is 40.1 Å². The summed E-state index contributed by atoms with van der Waals surface area (Å²) in [6.45, 7) is 2.84.